The van der Waals surface area contributed by atoms with Crippen LogP contribution in [0.3, 0.4) is 0 Å². The van der Waals surface area contributed by atoms with Crippen LogP contribution in [-0.2, 0) is 4.79 Å². The number of carbonyl (C=O) groups excluding carboxylic acids is 1. The van der Waals surface area contributed by atoms with Crippen molar-refractivity contribution in [1.29, 1.82) is 0 Å². The molecule has 0 fully saturated rings. The summed E-state index contributed by atoms with van der Waals surface area (Å²) in [5, 5.41) is 0. The summed E-state index contributed by atoms with van der Waals surface area (Å²) in [5.74, 6) is 0. The van der Waals surface area contributed by atoms with Gasteiger partial charge in [0.1, 0.15) is 0 Å². The second-order valence-corrected chi connectivity index (χ2v) is 1.58. The minimum Gasteiger partial charge on any atom is -0.545 e. The third-order valence-corrected chi connectivity index (χ3v) is 0.885. The van der Waals surface area contributed by atoms with Gasteiger partial charge in [-0.25, -0.2) is 0 Å². The third kappa shape index (κ3) is 5.79. The fourth-order valence-electron chi connectivity index (χ4n) is 0.470. The van der Waals surface area contributed by atoms with Gasteiger partial charge in [0.25, 0.3) is 0 Å². The standard InChI is InChI=1S/C7H7.CHO.Mg/c1-7-5-3-2-4-6-7;1-2;/h3-6H,1H3;1H;/q2*-1;+2. The zero-order chi connectivity index (χ0) is 7.11. The van der Waals surface area contributed by atoms with Crippen molar-refractivity contribution >= 4 is 29.8 Å². The molecule has 0 aliphatic rings. The van der Waals surface area contributed by atoms with E-state index in [1.807, 2.05) is 24.3 Å². The molecular formula is C8H8MgO. The molecule has 1 rings (SSSR count). The second kappa shape index (κ2) is 8.66. The average Bonchev–Trinajstić information content (AvgIpc) is 1.94. The molecule has 2 heteroatoms. The molecule has 0 N–H and O–H groups in total. The van der Waals surface area contributed by atoms with Crippen molar-refractivity contribution < 1.29 is 4.79 Å². The molecule has 1 aromatic rings. The summed E-state index contributed by atoms with van der Waals surface area (Å²) in [7, 11) is 0. The van der Waals surface area contributed by atoms with Crippen LogP contribution < -0.4 is 0 Å². The Hall–Kier alpha value is -0.344. The first-order chi connectivity index (χ1) is 4.39. The predicted molar refractivity (Wildman–Crippen MR) is 42.5 cm³/mol. The number of hydrogen-bond acceptors (Lipinski definition) is 1. The maximum absolute atomic E-state index is 7.75. The molecule has 1 aromatic carbocycles. The fraction of sp³-hybridized carbons (Fsp3) is 0.125. The van der Waals surface area contributed by atoms with E-state index >= 15 is 0 Å². The molecule has 0 saturated carbocycles. The zero-order valence-corrected chi connectivity index (χ0v) is 7.42. The molecule has 0 atom stereocenters. The van der Waals surface area contributed by atoms with Gasteiger partial charge in [-0.05, 0) is 0 Å². The molecule has 0 bridgehead atoms. The van der Waals surface area contributed by atoms with Crippen LogP contribution in [0.25, 0.3) is 0 Å². The Morgan fingerprint density at radius 3 is 1.90 bits per heavy atom. The number of benzene rings is 1. The van der Waals surface area contributed by atoms with Crippen molar-refractivity contribution in [2.75, 3.05) is 0 Å². The Labute approximate surface area is 77.6 Å². The quantitative estimate of drug-likeness (QED) is 0.303. The monoisotopic (exact) mass is 144 g/mol. The fourth-order valence-corrected chi connectivity index (χ4v) is 0.470. The number of aryl methyl sites for hydroxylation is 1. The summed E-state index contributed by atoms with van der Waals surface area (Å²) in [5.41, 5.74) is 1.29. The van der Waals surface area contributed by atoms with E-state index in [4.69, 9.17) is 4.79 Å². The van der Waals surface area contributed by atoms with Crippen molar-refractivity contribution in [3.05, 3.63) is 35.9 Å². The van der Waals surface area contributed by atoms with Gasteiger partial charge < -0.3 is 4.79 Å². The number of hydrogen-bond donors (Lipinski definition) is 0. The van der Waals surface area contributed by atoms with Crippen LogP contribution >= 0.6 is 0 Å². The van der Waals surface area contributed by atoms with Crippen LogP contribution in [0.2, 0.25) is 0 Å². The predicted octanol–water partition coefficient (Wildman–Crippen LogP) is 1.14. The summed E-state index contributed by atoms with van der Waals surface area (Å²) in [6, 6.07) is 10.8. The maximum atomic E-state index is 7.75. The molecule has 0 spiro atoms. The summed E-state index contributed by atoms with van der Waals surface area (Å²) in [6.07, 6.45) is 0. The molecule has 0 heterocycles. The van der Waals surface area contributed by atoms with E-state index < -0.39 is 0 Å². The first-order valence-corrected chi connectivity index (χ1v) is 2.56. The minimum absolute atomic E-state index is 0. The first kappa shape index (κ1) is 12.3. The maximum Gasteiger partial charge on any atom is 2.00 e. The van der Waals surface area contributed by atoms with E-state index in [9.17, 15) is 0 Å². The zero-order valence-electron chi connectivity index (χ0n) is 6.00. The van der Waals surface area contributed by atoms with Gasteiger partial charge in [0.2, 0.25) is 0 Å². The molecule has 0 aliphatic carbocycles. The van der Waals surface area contributed by atoms with Crippen LogP contribution in [0.1, 0.15) is 5.56 Å². The Balaban J connectivity index is 0. The molecule has 0 amide bonds. The summed E-state index contributed by atoms with van der Waals surface area (Å²) in [6.45, 7) is 5.31. The van der Waals surface area contributed by atoms with Crippen LogP contribution in [0.4, 0.5) is 0 Å². The Morgan fingerprint density at radius 1 is 1.30 bits per heavy atom. The molecule has 0 unspecified atom stereocenters. The second-order valence-electron chi connectivity index (χ2n) is 1.58. The topological polar surface area (TPSA) is 17.1 Å². The van der Waals surface area contributed by atoms with Gasteiger partial charge >= 0.3 is 23.1 Å². The van der Waals surface area contributed by atoms with Gasteiger partial charge in [-0.1, -0.05) is 6.92 Å². The molecule has 0 radical (unpaired) electrons. The first-order valence-electron chi connectivity index (χ1n) is 2.56. The van der Waals surface area contributed by atoms with Crippen LogP contribution in [-0.4, -0.2) is 29.8 Å². The minimum atomic E-state index is 0. The van der Waals surface area contributed by atoms with Gasteiger partial charge in [-0.2, -0.15) is 35.9 Å². The van der Waals surface area contributed by atoms with Crippen molar-refractivity contribution in [3.8, 4) is 0 Å². The molecule has 1 nitrogen and oxygen atoms in total. The van der Waals surface area contributed by atoms with Crippen LogP contribution in [0.15, 0.2) is 24.3 Å². The van der Waals surface area contributed by atoms with Crippen molar-refractivity contribution in [1.82, 2.24) is 0 Å². The molecule has 0 aromatic heterocycles. The Bertz CT molecular complexity index is 151. The number of rotatable bonds is 0. The van der Waals surface area contributed by atoms with Crippen molar-refractivity contribution in [2.24, 2.45) is 0 Å². The van der Waals surface area contributed by atoms with E-state index in [0.717, 1.165) is 0 Å². The van der Waals surface area contributed by atoms with Crippen molar-refractivity contribution in [3.63, 3.8) is 0 Å². The van der Waals surface area contributed by atoms with Gasteiger partial charge in [-0.3, -0.25) is 6.79 Å². The molecule has 48 valence electrons. The Morgan fingerprint density at radius 2 is 1.70 bits per heavy atom. The third-order valence-electron chi connectivity index (χ3n) is 0.885. The van der Waals surface area contributed by atoms with Crippen LogP contribution in [0.5, 0.6) is 0 Å². The SMILES string of the molecule is Cc1cc[c-]cc1.[CH-]=O.[Mg+2]. The van der Waals surface area contributed by atoms with Crippen LogP contribution in [0, 0.1) is 13.0 Å². The summed E-state index contributed by atoms with van der Waals surface area (Å²) >= 11 is 0. The van der Waals surface area contributed by atoms with Gasteiger partial charge in [0, 0.05) is 0 Å². The molecule has 0 aliphatic heterocycles. The van der Waals surface area contributed by atoms with E-state index in [2.05, 4.69) is 19.8 Å². The van der Waals surface area contributed by atoms with Crippen molar-refractivity contribution in [2.45, 2.75) is 6.92 Å². The van der Waals surface area contributed by atoms with Gasteiger partial charge in [-0.15, -0.1) is 0 Å². The van der Waals surface area contributed by atoms with E-state index in [-0.39, 0.29) is 23.1 Å². The normalized spacial score (nSPS) is 6.50. The van der Waals surface area contributed by atoms with Gasteiger partial charge in [0.15, 0.2) is 0 Å². The summed E-state index contributed by atoms with van der Waals surface area (Å²) < 4.78 is 0. The van der Waals surface area contributed by atoms with E-state index in [1.54, 1.807) is 0 Å². The summed E-state index contributed by atoms with van der Waals surface area (Å²) in [4.78, 5) is 7.75. The smallest absolute Gasteiger partial charge is 0.545 e. The average molecular weight is 144 g/mol. The Kier molecular flexibility index (Phi) is 10.7. The van der Waals surface area contributed by atoms with Gasteiger partial charge in [0.05, 0.1) is 0 Å². The molecule has 0 saturated heterocycles. The molecular weight excluding hydrogens is 136 g/mol. The van der Waals surface area contributed by atoms with E-state index in [0.29, 0.717) is 0 Å². The largest absolute Gasteiger partial charge is 2.00 e. The molecule has 10 heavy (non-hydrogen) atoms. The van der Waals surface area contributed by atoms with E-state index in [1.165, 1.54) is 5.56 Å².